The maximum Gasteiger partial charge on any atom is 0.223 e. The molecule has 0 N–H and O–H groups in total. The quantitative estimate of drug-likeness (QED) is 0.446. The number of piperidine rings is 2. The van der Waals surface area contributed by atoms with Gasteiger partial charge in [-0.1, -0.05) is 85.3 Å². The van der Waals surface area contributed by atoms with Gasteiger partial charge in [0.05, 0.1) is 0 Å². The summed E-state index contributed by atoms with van der Waals surface area (Å²) in [6.07, 6.45) is 6.68. The van der Waals surface area contributed by atoms with E-state index in [-0.39, 0.29) is 11.3 Å². The van der Waals surface area contributed by atoms with Crippen molar-refractivity contribution in [2.75, 3.05) is 32.7 Å². The monoisotopic (exact) mass is 464 g/mol. The fraction of sp³-hybridized carbons (Fsp3) is 0.406. The summed E-state index contributed by atoms with van der Waals surface area (Å²) in [4.78, 5) is 18.5. The first-order valence-electron chi connectivity index (χ1n) is 13.5. The Kier molecular flexibility index (Phi) is 6.20. The van der Waals surface area contributed by atoms with E-state index in [1.165, 1.54) is 60.2 Å². The second-order valence-electron chi connectivity index (χ2n) is 10.8. The zero-order chi connectivity index (χ0) is 23.7. The maximum absolute atomic E-state index is 13.6. The SMILES string of the molecule is O=C(CC1c2ccccc2-c2ccccc21)N1CCC(CN2CCCCC2)(c2ccccc2)CC1. The van der Waals surface area contributed by atoms with Crippen molar-refractivity contribution in [1.82, 2.24) is 9.80 Å². The molecule has 3 heteroatoms. The smallest absolute Gasteiger partial charge is 0.223 e. The Balaban J connectivity index is 1.18. The minimum absolute atomic E-state index is 0.155. The van der Waals surface area contributed by atoms with Gasteiger partial charge in [0.15, 0.2) is 0 Å². The highest BCUT2D eigenvalue weighted by Gasteiger charge is 2.40. The summed E-state index contributed by atoms with van der Waals surface area (Å²) in [7, 11) is 0. The number of amides is 1. The van der Waals surface area contributed by atoms with Gasteiger partial charge >= 0.3 is 0 Å². The van der Waals surface area contributed by atoms with Crippen LogP contribution in [0, 0.1) is 0 Å². The highest BCUT2D eigenvalue weighted by molar-refractivity contribution is 5.84. The van der Waals surface area contributed by atoms with E-state index in [2.05, 4.69) is 88.7 Å². The van der Waals surface area contributed by atoms with Crippen molar-refractivity contribution in [3.63, 3.8) is 0 Å². The molecule has 0 atom stereocenters. The number of benzene rings is 3. The Bertz CT molecular complexity index is 1130. The lowest BCUT2D eigenvalue weighted by atomic mass is 9.72. The van der Waals surface area contributed by atoms with Gasteiger partial charge in [-0.2, -0.15) is 0 Å². The van der Waals surface area contributed by atoms with Crippen LogP contribution >= 0.6 is 0 Å². The summed E-state index contributed by atoms with van der Waals surface area (Å²) in [5.41, 5.74) is 6.82. The van der Waals surface area contributed by atoms with Crippen LogP contribution in [-0.4, -0.2) is 48.4 Å². The molecule has 0 saturated carbocycles. The molecule has 0 bridgehead atoms. The normalized spacial score (nSPS) is 19.8. The van der Waals surface area contributed by atoms with E-state index in [1.807, 2.05) is 0 Å². The molecule has 3 aromatic carbocycles. The average molecular weight is 465 g/mol. The van der Waals surface area contributed by atoms with Gasteiger partial charge in [0, 0.05) is 37.4 Å². The molecule has 0 spiro atoms. The van der Waals surface area contributed by atoms with Crippen molar-refractivity contribution < 1.29 is 4.79 Å². The fourth-order valence-corrected chi connectivity index (χ4v) is 6.84. The second-order valence-corrected chi connectivity index (χ2v) is 10.8. The molecule has 0 radical (unpaired) electrons. The predicted molar refractivity (Wildman–Crippen MR) is 143 cm³/mol. The topological polar surface area (TPSA) is 23.6 Å². The van der Waals surface area contributed by atoms with E-state index in [9.17, 15) is 4.79 Å². The zero-order valence-corrected chi connectivity index (χ0v) is 20.7. The van der Waals surface area contributed by atoms with Gasteiger partial charge in [-0.05, 0) is 66.6 Å². The van der Waals surface area contributed by atoms with E-state index in [0.717, 1.165) is 32.5 Å². The molecule has 0 aromatic heterocycles. The van der Waals surface area contributed by atoms with Crippen molar-refractivity contribution in [2.24, 2.45) is 0 Å². The average Bonchev–Trinajstić information content (AvgIpc) is 3.24. The van der Waals surface area contributed by atoms with Crippen LogP contribution < -0.4 is 0 Å². The van der Waals surface area contributed by atoms with Crippen LogP contribution in [0.25, 0.3) is 11.1 Å². The van der Waals surface area contributed by atoms with E-state index >= 15 is 0 Å². The lowest BCUT2D eigenvalue weighted by Gasteiger charge is -2.46. The molecule has 6 rings (SSSR count). The van der Waals surface area contributed by atoms with Crippen molar-refractivity contribution in [3.05, 3.63) is 95.6 Å². The molecule has 0 unspecified atom stereocenters. The number of carbonyl (C=O) groups excluding carboxylic acids is 1. The minimum Gasteiger partial charge on any atom is -0.343 e. The van der Waals surface area contributed by atoms with Crippen molar-refractivity contribution in [3.8, 4) is 11.1 Å². The molecule has 2 fully saturated rings. The zero-order valence-electron chi connectivity index (χ0n) is 20.7. The standard InChI is InChI=1S/C32H36N2O/c35-31(23-30-28-15-7-5-13-26(28)27-14-6-8-16-29(27)30)34-21-17-32(18-22-34,25-11-3-1-4-12-25)24-33-19-9-2-10-20-33/h1,3-8,11-16,30H,2,9-10,17-24H2. The molecule has 2 heterocycles. The molecule has 1 aliphatic carbocycles. The Morgan fingerprint density at radius 2 is 1.29 bits per heavy atom. The first-order valence-corrected chi connectivity index (χ1v) is 13.5. The third-order valence-electron chi connectivity index (χ3n) is 8.78. The molecule has 180 valence electrons. The number of fused-ring (bicyclic) bond motifs is 3. The minimum atomic E-state index is 0.155. The molecule has 1 amide bonds. The summed E-state index contributed by atoms with van der Waals surface area (Å²) < 4.78 is 0. The van der Waals surface area contributed by atoms with Crippen molar-refractivity contribution in [2.45, 2.75) is 49.9 Å². The van der Waals surface area contributed by atoms with Crippen LogP contribution in [0.3, 0.4) is 0 Å². The molecular weight excluding hydrogens is 428 g/mol. The molecular formula is C32H36N2O. The van der Waals surface area contributed by atoms with Crippen LogP contribution in [0.15, 0.2) is 78.9 Å². The van der Waals surface area contributed by atoms with Gasteiger partial charge in [0.25, 0.3) is 0 Å². The van der Waals surface area contributed by atoms with Crippen LogP contribution in [0.5, 0.6) is 0 Å². The lowest BCUT2D eigenvalue weighted by Crippen LogP contribution is -2.51. The summed E-state index contributed by atoms with van der Waals surface area (Å²) in [5, 5.41) is 0. The van der Waals surface area contributed by atoms with E-state index in [0.29, 0.717) is 12.3 Å². The Hall–Kier alpha value is -2.91. The molecule has 2 saturated heterocycles. The Morgan fingerprint density at radius 3 is 1.91 bits per heavy atom. The van der Waals surface area contributed by atoms with Gasteiger partial charge in [0.1, 0.15) is 0 Å². The number of rotatable bonds is 5. The number of hydrogen-bond acceptors (Lipinski definition) is 2. The molecule has 2 aliphatic heterocycles. The number of carbonyl (C=O) groups is 1. The van der Waals surface area contributed by atoms with Crippen LogP contribution in [0.4, 0.5) is 0 Å². The highest BCUT2D eigenvalue weighted by Crippen LogP contribution is 2.46. The van der Waals surface area contributed by atoms with Crippen molar-refractivity contribution in [1.29, 1.82) is 0 Å². The third-order valence-corrected chi connectivity index (χ3v) is 8.78. The predicted octanol–water partition coefficient (Wildman–Crippen LogP) is 6.24. The Morgan fingerprint density at radius 1 is 0.714 bits per heavy atom. The van der Waals surface area contributed by atoms with Gasteiger partial charge in [-0.15, -0.1) is 0 Å². The maximum atomic E-state index is 13.6. The molecule has 3 aromatic rings. The molecule has 3 nitrogen and oxygen atoms in total. The lowest BCUT2D eigenvalue weighted by molar-refractivity contribution is -0.133. The third kappa shape index (κ3) is 4.31. The largest absolute Gasteiger partial charge is 0.343 e. The van der Waals surface area contributed by atoms with Gasteiger partial charge < -0.3 is 9.80 Å². The summed E-state index contributed by atoms with van der Waals surface area (Å²) in [6, 6.07) is 28.4. The van der Waals surface area contributed by atoms with Crippen LogP contribution in [-0.2, 0) is 10.2 Å². The number of nitrogens with zero attached hydrogens (tertiary/aromatic N) is 2. The van der Waals surface area contributed by atoms with E-state index < -0.39 is 0 Å². The van der Waals surface area contributed by atoms with E-state index in [1.54, 1.807) is 0 Å². The van der Waals surface area contributed by atoms with Crippen molar-refractivity contribution >= 4 is 5.91 Å². The first-order chi connectivity index (χ1) is 17.2. The second kappa shape index (κ2) is 9.62. The molecule has 35 heavy (non-hydrogen) atoms. The summed E-state index contributed by atoms with van der Waals surface area (Å²) in [5.74, 6) is 0.477. The first kappa shape index (κ1) is 22.5. The summed E-state index contributed by atoms with van der Waals surface area (Å²) in [6.45, 7) is 5.28. The fourth-order valence-electron chi connectivity index (χ4n) is 6.84. The van der Waals surface area contributed by atoms with Gasteiger partial charge in [-0.3, -0.25) is 4.79 Å². The van der Waals surface area contributed by atoms with Crippen LogP contribution in [0.1, 0.15) is 61.1 Å². The van der Waals surface area contributed by atoms with Gasteiger partial charge in [0.2, 0.25) is 5.91 Å². The number of likely N-dealkylation sites (tertiary alicyclic amines) is 2. The van der Waals surface area contributed by atoms with Gasteiger partial charge in [-0.25, -0.2) is 0 Å². The highest BCUT2D eigenvalue weighted by atomic mass is 16.2. The van der Waals surface area contributed by atoms with Crippen LogP contribution in [0.2, 0.25) is 0 Å². The Labute approximate surface area is 209 Å². The summed E-state index contributed by atoms with van der Waals surface area (Å²) >= 11 is 0. The number of hydrogen-bond donors (Lipinski definition) is 0. The molecule has 3 aliphatic rings. The van der Waals surface area contributed by atoms with E-state index in [4.69, 9.17) is 0 Å².